The van der Waals surface area contributed by atoms with Crippen LogP contribution in [0.2, 0.25) is 0 Å². The van der Waals surface area contributed by atoms with E-state index in [0.717, 1.165) is 44.9 Å². The van der Waals surface area contributed by atoms with E-state index in [1.165, 1.54) is 0 Å². The van der Waals surface area contributed by atoms with E-state index >= 15 is 0 Å². The average Bonchev–Trinajstić information content (AvgIpc) is 2.30. The number of aliphatic hydroxyl groups is 1. The fraction of sp³-hybridized carbons (Fsp3) is 0.867. The Morgan fingerprint density at radius 1 is 1.29 bits per heavy atom. The van der Waals surface area contributed by atoms with Crippen LogP contribution in [0.3, 0.4) is 0 Å². The molecule has 0 aliphatic heterocycles. The van der Waals surface area contributed by atoms with Crippen LogP contribution in [0.25, 0.3) is 0 Å². The largest absolute Gasteiger partial charge is 0.390 e. The number of aliphatic hydroxyl groups excluding tert-OH is 1. The Kier molecular flexibility index (Phi) is 5.21. The molecule has 100 valence electrons. The molecule has 2 nitrogen and oxygen atoms in total. The molecule has 1 fully saturated rings. The van der Waals surface area contributed by atoms with Gasteiger partial charge in [-0.2, -0.15) is 0 Å². The van der Waals surface area contributed by atoms with Crippen LogP contribution in [0.5, 0.6) is 0 Å². The SMILES string of the molecule is C=CCCCC(O)C1(OC)CCC(C)(C)CC1. The molecule has 0 radical (unpaired) electrons. The lowest BCUT2D eigenvalue weighted by Crippen LogP contribution is -2.48. The third-order valence-corrected chi connectivity index (χ3v) is 4.35. The van der Waals surface area contributed by atoms with E-state index in [-0.39, 0.29) is 11.7 Å². The fourth-order valence-electron chi connectivity index (χ4n) is 2.74. The number of hydrogen-bond acceptors (Lipinski definition) is 2. The minimum atomic E-state index is -0.330. The molecule has 1 rings (SSSR count). The first kappa shape index (κ1) is 14.7. The second-order valence-corrected chi connectivity index (χ2v) is 6.17. The van der Waals surface area contributed by atoms with Crippen LogP contribution in [0, 0.1) is 5.41 Å². The van der Waals surface area contributed by atoms with Crippen LogP contribution in [0.15, 0.2) is 12.7 Å². The summed E-state index contributed by atoms with van der Waals surface area (Å²) in [5.74, 6) is 0. The summed E-state index contributed by atoms with van der Waals surface area (Å²) in [6, 6.07) is 0. The number of hydrogen-bond donors (Lipinski definition) is 1. The minimum Gasteiger partial charge on any atom is -0.390 e. The van der Waals surface area contributed by atoms with Gasteiger partial charge in [-0.15, -0.1) is 6.58 Å². The predicted octanol–water partition coefficient (Wildman–Crippen LogP) is 3.69. The standard InChI is InChI=1S/C15H28O2/c1-5-6-7-8-13(16)15(17-4)11-9-14(2,3)10-12-15/h5,13,16H,1,6-12H2,2-4H3. The molecule has 1 saturated carbocycles. The highest BCUT2D eigenvalue weighted by Gasteiger charge is 2.43. The van der Waals surface area contributed by atoms with Crippen molar-refractivity contribution in [1.82, 2.24) is 0 Å². The molecule has 0 aromatic rings. The van der Waals surface area contributed by atoms with Crippen molar-refractivity contribution in [3.8, 4) is 0 Å². The van der Waals surface area contributed by atoms with Gasteiger partial charge >= 0.3 is 0 Å². The first-order chi connectivity index (χ1) is 7.96. The number of methoxy groups -OCH3 is 1. The van der Waals surface area contributed by atoms with Crippen molar-refractivity contribution in [2.75, 3.05) is 7.11 Å². The lowest BCUT2D eigenvalue weighted by Gasteiger charge is -2.45. The molecule has 1 aliphatic carbocycles. The molecule has 2 heteroatoms. The third-order valence-electron chi connectivity index (χ3n) is 4.35. The predicted molar refractivity (Wildman–Crippen MR) is 72.0 cm³/mol. The maximum absolute atomic E-state index is 10.4. The maximum Gasteiger partial charge on any atom is 0.0936 e. The molecule has 1 atom stereocenters. The topological polar surface area (TPSA) is 29.5 Å². The second-order valence-electron chi connectivity index (χ2n) is 6.17. The maximum atomic E-state index is 10.4. The highest BCUT2D eigenvalue weighted by molar-refractivity contribution is 4.95. The van der Waals surface area contributed by atoms with E-state index in [4.69, 9.17) is 4.74 Å². The van der Waals surface area contributed by atoms with E-state index < -0.39 is 0 Å². The number of ether oxygens (including phenoxy) is 1. The molecular weight excluding hydrogens is 212 g/mol. The summed E-state index contributed by atoms with van der Waals surface area (Å²) in [5, 5.41) is 10.4. The van der Waals surface area contributed by atoms with Crippen LogP contribution in [-0.2, 0) is 4.74 Å². The molecule has 1 aliphatic rings. The minimum absolute atomic E-state index is 0.295. The van der Waals surface area contributed by atoms with Crippen molar-refractivity contribution in [3.63, 3.8) is 0 Å². The van der Waals surface area contributed by atoms with Gasteiger partial charge in [0.2, 0.25) is 0 Å². The molecule has 0 spiro atoms. The Labute approximate surface area is 106 Å². The van der Waals surface area contributed by atoms with Crippen molar-refractivity contribution < 1.29 is 9.84 Å². The summed E-state index contributed by atoms with van der Waals surface area (Å²) in [7, 11) is 1.75. The summed E-state index contributed by atoms with van der Waals surface area (Å²) < 4.78 is 5.69. The van der Waals surface area contributed by atoms with Gasteiger partial charge in [-0.1, -0.05) is 19.9 Å². The van der Waals surface area contributed by atoms with Crippen molar-refractivity contribution in [1.29, 1.82) is 0 Å². The van der Waals surface area contributed by atoms with Gasteiger partial charge in [0.15, 0.2) is 0 Å². The Bertz CT molecular complexity index is 235. The molecule has 0 bridgehead atoms. The smallest absolute Gasteiger partial charge is 0.0936 e. The van der Waals surface area contributed by atoms with Crippen molar-refractivity contribution in [3.05, 3.63) is 12.7 Å². The molecule has 1 unspecified atom stereocenters. The quantitative estimate of drug-likeness (QED) is 0.567. The average molecular weight is 240 g/mol. The van der Waals surface area contributed by atoms with Crippen LogP contribution >= 0.6 is 0 Å². The van der Waals surface area contributed by atoms with Crippen molar-refractivity contribution in [2.24, 2.45) is 5.41 Å². The van der Waals surface area contributed by atoms with Crippen molar-refractivity contribution >= 4 is 0 Å². The lowest BCUT2D eigenvalue weighted by molar-refractivity contribution is -0.138. The molecule has 0 aromatic heterocycles. The van der Waals surface area contributed by atoms with E-state index in [9.17, 15) is 5.11 Å². The zero-order chi connectivity index (χ0) is 12.9. The zero-order valence-electron chi connectivity index (χ0n) is 11.7. The monoisotopic (exact) mass is 240 g/mol. The van der Waals surface area contributed by atoms with E-state index in [0.29, 0.717) is 5.41 Å². The first-order valence-electron chi connectivity index (χ1n) is 6.80. The number of rotatable bonds is 6. The highest BCUT2D eigenvalue weighted by Crippen LogP contribution is 2.44. The van der Waals surface area contributed by atoms with Gasteiger partial charge in [0.25, 0.3) is 0 Å². The third kappa shape index (κ3) is 3.82. The van der Waals surface area contributed by atoms with Gasteiger partial charge in [0, 0.05) is 7.11 Å². The summed E-state index contributed by atoms with van der Waals surface area (Å²) in [5.41, 5.74) is 0.111. The Hall–Kier alpha value is -0.340. The normalized spacial score (nSPS) is 24.2. The molecule has 0 amide bonds. The molecular formula is C15H28O2. The molecule has 0 heterocycles. The Morgan fingerprint density at radius 2 is 1.88 bits per heavy atom. The van der Waals surface area contributed by atoms with Crippen LogP contribution < -0.4 is 0 Å². The molecule has 17 heavy (non-hydrogen) atoms. The van der Waals surface area contributed by atoms with Gasteiger partial charge in [0.1, 0.15) is 0 Å². The van der Waals surface area contributed by atoms with Crippen LogP contribution in [-0.4, -0.2) is 23.9 Å². The van der Waals surface area contributed by atoms with Gasteiger partial charge < -0.3 is 9.84 Å². The van der Waals surface area contributed by atoms with Gasteiger partial charge in [-0.05, 0) is 50.4 Å². The van der Waals surface area contributed by atoms with Crippen molar-refractivity contribution in [2.45, 2.75) is 70.5 Å². The molecule has 1 N–H and O–H groups in total. The number of unbranched alkanes of at least 4 members (excludes halogenated alkanes) is 1. The molecule has 0 aromatic carbocycles. The Morgan fingerprint density at radius 3 is 2.35 bits per heavy atom. The highest BCUT2D eigenvalue weighted by atomic mass is 16.5. The first-order valence-corrected chi connectivity index (χ1v) is 6.80. The molecule has 0 saturated heterocycles. The lowest BCUT2D eigenvalue weighted by atomic mass is 9.68. The van der Waals surface area contributed by atoms with Crippen LogP contribution in [0.4, 0.5) is 0 Å². The zero-order valence-corrected chi connectivity index (χ0v) is 11.7. The van der Waals surface area contributed by atoms with E-state index in [1.54, 1.807) is 7.11 Å². The van der Waals surface area contributed by atoms with Crippen LogP contribution in [0.1, 0.15) is 58.8 Å². The van der Waals surface area contributed by atoms with Gasteiger partial charge in [-0.3, -0.25) is 0 Å². The van der Waals surface area contributed by atoms with E-state index in [1.807, 2.05) is 6.08 Å². The van der Waals surface area contributed by atoms with E-state index in [2.05, 4.69) is 20.4 Å². The van der Waals surface area contributed by atoms with Gasteiger partial charge in [-0.25, -0.2) is 0 Å². The second kappa shape index (κ2) is 6.01. The van der Waals surface area contributed by atoms with Gasteiger partial charge in [0.05, 0.1) is 11.7 Å². The number of allylic oxidation sites excluding steroid dienone is 1. The summed E-state index contributed by atoms with van der Waals surface area (Å²) in [6.45, 7) is 8.32. The Balaban J connectivity index is 2.54. The fourth-order valence-corrected chi connectivity index (χ4v) is 2.74. The summed E-state index contributed by atoms with van der Waals surface area (Å²) >= 11 is 0. The summed E-state index contributed by atoms with van der Waals surface area (Å²) in [4.78, 5) is 0. The summed E-state index contributed by atoms with van der Waals surface area (Å²) in [6.07, 6.45) is 8.61.